The second-order valence-electron chi connectivity index (χ2n) is 5.05. The first kappa shape index (κ1) is 13.9. The van der Waals surface area contributed by atoms with Gasteiger partial charge >= 0.3 is 0 Å². The molecule has 0 saturated heterocycles. The molecule has 3 heteroatoms. The maximum atomic E-state index is 5.78. The van der Waals surface area contributed by atoms with Crippen LogP contribution in [-0.2, 0) is 0 Å². The van der Waals surface area contributed by atoms with Gasteiger partial charge in [0.15, 0.2) is 0 Å². The summed E-state index contributed by atoms with van der Waals surface area (Å²) in [5.41, 5.74) is 0. The second-order valence-corrected chi connectivity index (χ2v) is 5.97. The lowest BCUT2D eigenvalue weighted by molar-refractivity contribution is 0.270. The standard InChI is InChI=1S/C15H22BrNO/c1-2-12(11-17-14-6-7-14)8-9-18-15-5-3-4-13(16)10-15/h3-5,10,12,14,17H,2,6-9,11H2,1H3. The number of halogens is 1. The van der Waals surface area contributed by atoms with Crippen molar-refractivity contribution in [3.05, 3.63) is 28.7 Å². The van der Waals surface area contributed by atoms with Crippen molar-refractivity contribution in [3.8, 4) is 5.75 Å². The molecule has 100 valence electrons. The fourth-order valence-corrected chi connectivity index (χ4v) is 2.35. The van der Waals surface area contributed by atoms with E-state index in [0.29, 0.717) is 0 Å². The minimum absolute atomic E-state index is 0.734. The maximum absolute atomic E-state index is 5.78. The SMILES string of the molecule is CCC(CCOc1cccc(Br)c1)CNC1CC1. The average Bonchev–Trinajstić information content (AvgIpc) is 3.17. The van der Waals surface area contributed by atoms with Crippen molar-refractivity contribution in [2.24, 2.45) is 5.92 Å². The zero-order chi connectivity index (χ0) is 12.8. The molecule has 18 heavy (non-hydrogen) atoms. The Labute approximate surface area is 118 Å². The first-order chi connectivity index (χ1) is 8.78. The van der Waals surface area contributed by atoms with Crippen molar-refractivity contribution >= 4 is 15.9 Å². The highest BCUT2D eigenvalue weighted by Crippen LogP contribution is 2.21. The van der Waals surface area contributed by atoms with Crippen molar-refractivity contribution in [2.45, 2.75) is 38.6 Å². The molecule has 1 fully saturated rings. The van der Waals surface area contributed by atoms with Gasteiger partial charge in [0.25, 0.3) is 0 Å². The molecule has 0 radical (unpaired) electrons. The maximum Gasteiger partial charge on any atom is 0.120 e. The third-order valence-corrected chi connectivity index (χ3v) is 3.93. The summed E-state index contributed by atoms with van der Waals surface area (Å²) in [6.45, 7) is 4.21. The van der Waals surface area contributed by atoms with Gasteiger partial charge in [0.05, 0.1) is 6.61 Å². The fourth-order valence-electron chi connectivity index (χ4n) is 1.97. The van der Waals surface area contributed by atoms with E-state index in [1.807, 2.05) is 24.3 Å². The van der Waals surface area contributed by atoms with Gasteiger partial charge in [0.1, 0.15) is 5.75 Å². The Morgan fingerprint density at radius 3 is 2.94 bits per heavy atom. The molecular weight excluding hydrogens is 290 g/mol. The summed E-state index contributed by atoms with van der Waals surface area (Å²) in [7, 11) is 0. The van der Waals surface area contributed by atoms with E-state index in [2.05, 4.69) is 28.2 Å². The summed E-state index contributed by atoms with van der Waals surface area (Å²) >= 11 is 3.45. The number of rotatable bonds is 8. The van der Waals surface area contributed by atoms with Crippen LogP contribution in [0.1, 0.15) is 32.6 Å². The van der Waals surface area contributed by atoms with Crippen LogP contribution in [0.25, 0.3) is 0 Å². The third-order valence-electron chi connectivity index (χ3n) is 3.44. The van der Waals surface area contributed by atoms with Gasteiger partial charge in [-0.25, -0.2) is 0 Å². The summed E-state index contributed by atoms with van der Waals surface area (Å²) in [5, 5.41) is 3.60. The zero-order valence-electron chi connectivity index (χ0n) is 11.0. The van der Waals surface area contributed by atoms with Gasteiger partial charge in [-0.2, -0.15) is 0 Å². The minimum atomic E-state index is 0.734. The van der Waals surface area contributed by atoms with Crippen molar-refractivity contribution in [3.63, 3.8) is 0 Å². The Balaban J connectivity index is 1.65. The molecule has 0 spiro atoms. The molecule has 1 aliphatic rings. The van der Waals surface area contributed by atoms with Crippen molar-refractivity contribution in [2.75, 3.05) is 13.2 Å². The largest absolute Gasteiger partial charge is 0.494 e. The van der Waals surface area contributed by atoms with Gasteiger partial charge in [-0.3, -0.25) is 0 Å². The Kier molecular flexibility index (Phi) is 5.51. The summed E-state index contributed by atoms with van der Waals surface area (Å²) in [6.07, 6.45) is 5.08. The van der Waals surface area contributed by atoms with E-state index in [9.17, 15) is 0 Å². The monoisotopic (exact) mass is 311 g/mol. The molecule has 0 bridgehead atoms. The lowest BCUT2D eigenvalue weighted by Gasteiger charge is -2.16. The molecule has 2 rings (SSSR count). The van der Waals surface area contributed by atoms with Crippen LogP contribution in [0.5, 0.6) is 5.75 Å². The van der Waals surface area contributed by atoms with Crippen molar-refractivity contribution < 1.29 is 4.74 Å². The molecule has 2 nitrogen and oxygen atoms in total. The van der Waals surface area contributed by atoms with E-state index in [-0.39, 0.29) is 0 Å². The van der Waals surface area contributed by atoms with E-state index in [0.717, 1.165) is 41.8 Å². The van der Waals surface area contributed by atoms with Gasteiger partial charge in [0.2, 0.25) is 0 Å². The van der Waals surface area contributed by atoms with Crippen LogP contribution >= 0.6 is 15.9 Å². The second kappa shape index (κ2) is 7.15. The third kappa shape index (κ3) is 4.99. The quantitative estimate of drug-likeness (QED) is 0.783. The molecule has 1 unspecified atom stereocenters. The Hall–Kier alpha value is -0.540. The van der Waals surface area contributed by atoms with Gasteiger partial charge < -0.3 is 10.1 Å². The van der Waals surface area contributed by atoms with Gasteiger partial charge in [-0.15, -0.1) is 0 Å². The van der Waals surface area contributed by atoms with E-state index in [4.69, 9.17) is 4.74 Å². The van der Waals surface area contributed by atoms with Crippen LogP contribution in [0.15, 0.2) is 28.7 Å². The Morgan fingerprint density at radius 1 is 1.44 bits per heavy atom. The smallest absolute Gasteiger partial charge is 0.120 e. The average molecular weight is 312 g/mol. The molecule has 1 N–H and O–H groups in total. The van der Waals surface area contributed by atoms with Gasteiger partial charge in [-0.05, 0) is 49.9 Å². The summed E-state index contributed by atoms with van der Waals surface area (Å²) < 4.78 is 6.86. The molecule has 1 aromatic rings. The summed E-state index contributed by atoms with van der Waals surface area (Å²) in [4.78, 5) is 0. The van der Waals surface area contributed by atoms with Gasteiger partial charge in [-0.1, -0.05) is 35.3 Å². The van der Waals surface area contributed by atoms with Gasteiger partial charge in [0, 0.05) is 10.5 Å². The topological polar surface area (TPSA) is 21.3 Å². The number of ether oxygens (including phenoxy) is 1. The lowest BCUT2D eigenvalue weighted by Crippen LogP contribution is -2.25. The Bertz CT molecular complexity index is 365. The highest BCUT2D eigenvalue weighted by Gasteiger charge is 2.21. The first-order valence-corrected chi connectivity index (χ1v) is 7.69. The molecule has 0 amide bonds. The van der Waals surface area contributed by atoms with E-state index in [1.54, 1.807) is 0 Å². The number of benzene rings is 1. The predicted octanol–water partition coefficient (Wildman–Crippen LogP) is 4.00. The number of nitrogens with one attached hydrogen (secondary N) is 1. The summed E-state index contributed by atoms with van der Waals surface area (Å²) in [5.74, 6) is 1.69. The minimum Gasteiger partial charge on any atom is -0.494 e. The number of hydrogen-bond acceptors (Lipinski definition) is 2. The highest BCUT2D eigenvalue weighted by molar-refractivity contribution is 9.10. The normalized spacial score (nSPS) is 16.6. The predicted molar refractivity (Wildman–Crippen MR) is 79.1 cm³/mol. The molecule has 1 aliphatic carbocycles. The molecule has 1 aromatic carbocycles. The zero-order valence-corrected chi connectivity index (χ0v) is 12.6. The fraction of sp³-hybridized carbons (Fsp3) is 0.600. The van der Waals surface area contributed by atoms with Crippen LogP contribution in [0.2, 0.25) is 0 Å². The summed E-state index contributed by atoms with van der Waals surface area (Å²) in [6, 6.07) is 8.86. The number of hydrogen-bond donors (Lipinski definition) is 1. The Morgan fingerprint density at radius 2 is 2.28 bits per heavy atom. The van der Waals surface area contributed by atoms with E-state index < -0.39 is 0 Å². The molecule has 0 aliphatic heterocycles. The van der Waals surface area contributed by atoms with Crippen LogP contribution in [0.4, 0.5) is 0 Å². The molecule has 0 heterocycles. The van der Waals surface area contributed by atoms with Crippen molar-refractivity contribution in [1.82, 2.24) is 5.32 Å². The van der Waals surface area contributed by atoms with Crippen LogP contribution in [0, 0.1) is 5.92 Å². The molecular formula is C15H22BrNO. The van der Waals surface area contributed by atoms with Crippen molar-refractivity contribution in [1.29, 1.82) is 0 Å². The lowest BCUT2D eigenvalue weighted by atomic mass is 10.0. The van der Waals surface area contributed by atoms with E-state index >= 15 is 0 Å². The van der Waals surface area contributed by atoms with Crippen LogP contribution in [-0.4, -0.2) is 19.2 Å². The van der Waals surface area contributed by atoms with Crippen LogP contribution in [0.3, 0.4) is 0 Å². The van der Waals surface area contributed by atoms with Crippen LogP contribution < -0.4 is 10.1 Å². The highest BCUT2D eigenvalue weighted by atomic mass is 79.9. The molecule has 1 saturated carbocycles. The molecule has 0 aromatic heterocycles. The molecule has 1 atom stereocenters. The first-order valence-electron chi connectivity index (χ1n) is 6.89. The van der Waals surface area contributed by atoms with E-state index in [1.165, 1.54) is 19.3 Å².